The van der Waals surface area contributed by atoms with Crippen molar-refractivity contribution in [3.8, 4) is 0 Å². The molecule has 2 rings (SSSR count). The minimum Gasteiger partial charge on any atom is -0.355 e. The van der Waals surface area contributed by atoms with Crippen LogP contribution in [-0.4, -0.2) is 0 Å². The van der Waals surface area contributed by atoms with Crippen molar-refractivity contribution in [2.75, 3.05) is 5.32 Å². The summed E-state index contributed by atoms with van der Waals surface area (Å²) in [5.74, 6) is 0. The number of hydrogen-bond acceptors (Lipinski definition) is 2. The standard InChI is InChI=1S/C11H11NS/c1-9-11(7-8-13-9)12-10-5-3-2-4-6-10/h2-8,12H,1H3. The number of para-hydroxylation sites is 1. The first kappa shape index (κ1) is 8.32. The highest BCUT2D eigenvalue weighted by atomic mass is 32.1. The van der Waals surface area contributed by atoms with Crippen LogP contribution in [0.3, 0.4) is 0 Å². The zero-order valence-corrected chi connectivity index (χ0v) is 8.27. The van der Waals surface area contributed by atoms with E-state index < -0.39 is 0 Å². The van der Waals surface area contributed by atoms with Crippen molar-refractivity contribution in [3.05, 3.63) is 46.7 Å². The van der Waals surface area contributed by atoms with Crippen molar-refractivity contribution in [2.45, 2.75) is 6.92 Å². The first-order chi connectivity index (χ1) is 6.36. The van der Waals surface area contributed by atoms with Gasteiger partial charge in [0, 0.05) is 10.6 Å². The molecule has 0 radical (unpaired) electrons. The molecule has 0 bridgehead atoms. The van der Waals surface area contributed by atoms with E-state index in [1.165, 1.54) is 10.6 Å². The molecule has 1 aromatic heterocycles. The number of benzene rings is 1. The average molecular weight is 189 g/mol. The molecule has 66 valence electrons. The van der Waals surface area contributed by atoms with E-state index in [0.29, 0.717) is 0 Å². The molecule has 2 aromatic rings. The summed E-state index contributed by atoms with van der Waals surface area (Å²) >= 11 is 1.76. The predicted octanol–water partition coefficient (Wildman–Crippen LogP) is 3.80. The molecule has 1 N–H and O–H groups in total. The molecule has 2 heteroatoms. The molecular formula is C11H11NS. The lowest BCUT2D eigenvalue weighted by Crippen LogP contribution is -1.88. The van der Waals surface area contributed by atoms with Crippen LogP contribution in [-0.2, 0) is 0 Å². The molecule has 0 spiro atoms. The van der Waals surface area contributed by atoms with E-state index in [0.717, 1.165) is 5.69 Å². The van der Waals surface area contributed by atoms with Crippen molar-refractivity contribution in [1.29, 1.82) is 0 Å². The second-order valence-corrected chi connectivity index (χ2v) is 4.00. The fraction of sp³-hybridized carbons (Fsp3) is 0.0909. The number of anilines is 2. The molecule has 0 saturated heterocycles. The summed E-state index contributed by atoms with van der Waals surface area (Å²) in [5.41, 5.74) is 2.35. The van der Waals surface area contributed by atoms with Crippen LogP contribution in [0.1, 0.15) is 4.88 Å². The van der Waals surface area contributed by atoms with Crippen molar-refractivity contribution in [1.82, 2.24) is 0 Å². The lowest BCUT2D eigenvalue weighted by molar-refractivity contribution is 1.53. The maximum Gasteiger partial charge on any atom is 0.0522 e. The quantitative estimate of drug-likeness (QED) is 0.757. The van der Waals surface area contributed by atoms with Crippen molar-refractivity contribution in [3.63, 3.8) is 0 Å². The third kappa shape index (κ3) is 1.90. The van der Waals surface area contributed by atoms with Gasteiger partial charge >= 0.3 is 0 Å². The first-order valence-corrected chi connectivity index (χ1v) is 5.10. The van der Waals surface area contributed by atoms with E-state index in [-0.39, 0.29) is 0 Å². The van der Waals surface area contributed by atoms with Gasteiger partial charge in [0.1, 0.15) is 0 Å². The van der Waals surface area contributed by atoms with Crippen molar-refractivity contribution in [2.24, 2.45) is 0 Å². The van der Waals surface area contributed by atoms with Crippen molar-refractivity contribution >= 4 is 22.7 Å². The summed E-state index contributed by atoms with van der Waals surface area (Å²) in [6.07, 6.45) is 0. The highest BCUT2D eigenvalue weighted by molar-refractivity contribution is 7.10. The molecule has 0 fully saturated rings. The molecule has 0 atom stereocenters. The normalized spacial score (nSPS) is 9.92. The van der Waals surface area contributed by atoms with Crippen LogP contribution in [0.5, 0.6) is 0 Å². The molecule has 1 heterocycles. The monoisotopic (exact) mass is 189 g/mol. The Morgan fingerprint density at radius 2 is 1.85 bits per heavy atom. The van der Waals surface area contributed by atoms with E-state index in [1.807, 2.05) is 18.2 Å². The Bertz CT molecular complexity index is 378. The maximum atomic E-state index is 3.36. The lowest BCUT2D eigenvalue weighted by atomic mass is 10.3. The van der Waals surface area contributed by atoms with Gasteiger partial charge in [0.05, 0.1) is 5.69 Å². The van der Waals surface area contributed by atoms with Gasteiger partial charge in [-0.05, 0) is 30.5 Å². The Balaban J connectivity index is 2.20. The first-order valence-electron chi connectivity index (χ1n) is 4.22. The molecule has 0 aliphatic heterocycles. The molecule has 0 amide bonds. The van der Waals surface area contributed by atoms with Gasteiger partial charge in [-0.2, -0.15) is 0 Å². The van der Waals surface area contributed by atoms with Gasteiger partial charge in [0.2, 0.25) is 0 Å². The molecule has 0 unspecified atom stereocenters. The van der Waals surface area contributed by atoms with Gasteiger partial charge < -0.3 is 5.32 Å². The molecule has 0 aliphatic rings. The van der Waals surface area contributed by atoms with E-state index in [4.69, 9.17) is 0 Å². The second kappa shape index (κ2) is 3.62. The van der Waals surface area contributed by atoms with Gasteiger partial charge in [-0.25, -0.2) is 0 Å². The Morgan fingerprint density at radius 1 is 1.08 bits per heavy atom. The van der Waals surface area contributed by atoms with Crippen LogP contribution in [0.15, 0.2) is 41.8 Å². The van der Waals surface area contributed by atoms with E-state index in [2.05, 4.69) is 35.8 Å². The van der Waals surface area contributed by atoms with Crippen LogP contribution in [0.25, 0.3) is 0 Å². The van der Waals surface area contributed by atoms with Gasteiger partial charge in [-0.1, -0.05) is 18.2 Å². The van der Waals surface area contributed by atoms with Gasteiger partial charge in [-0.15, -0.1) is 11.3 Å². The predicted molar refractivity (Wildman–Crippen MR) is 58.8 cm³/mol. The molecule has 1 aromatic carbocycles. The highest BCUT2D eigenvalue weighted by Gasteiger charge is 1.97. The third-order valence-corrected chi connectivity index (χ3v) is 2.76. The Morgan fingerprint density at radius 3 is 2.46 bits per heavy atom. The van der Waals surface area contributed by atoms with E-state index >= 15 is 0 Å². The van der Waals surface area contributed by atoms with Gasteiger partial charge in [0.25, 0.3) is 0 Å². The number of aryl methyl sites for hydroxylation is 1. The molecule has 13 heavy (non-hydrogen) atoms. The molecule has 0 aliphatic carbocycles. The maximum absolute atomic E-state index is 3.36. The molecular weight excluding hydrogens is 178 g/mol. The van der Waals surface area contributed by atoms with Crippen LogP contribution < -0.4 is 5.32 Å². The highest BCUT2D eigenvalue weighted by Crippen LogP contribution is 2.24. The Labute approximate surface area is 82.0 Å². The van der Waals surface area contributed by atoms with Gasteiger partial charge in [0.15, 0.2) is 0 Å². The molecule has 1 nitrogen and oxygen atoms in total. The topological polar surface area (TPSA) is 12.0 Å². The Hall–Kier alpha value is -1.28. The summed E-state index contributed by atoms with van der Waals surface area (Å²) in [5, 5.41) is 5.46. The zero-order valence-electron chi connectivity index (χ0n) is 7.45. The number of hydrogen-bond donors (Lipinski definition) is 1. The van der Waals surface area contributed by atoms with Crippen LogP contribution >= 0.6 is 11.3 Å². The van der Waals surface area contributed by atoms with Crippen LogP contribution in [0.2, 0.25) is 0 Å². The minimum atomic E-state index is 1.14. The Kier molecular flexibility index (Phi) is 2.32. The summed E-state index contributed by atoms with van der Waals surface area (Å²) in [7, 11) is 0. The summed E-state index contributed by atoms with van der Waals surface area (Å²) in [6.45, 7) is 2.12. The lowest BCUT2D eigenvalue weighted by Gasteiger charge is -2.04. The fourth-order valence-corrected chi connectivity index (χ4v) is 1.85. The van der Waals surface area contributed by atoms with E-state index in [9.17, 15) is 0 Å². The van der Waals surface area contributed by atoms with Crippen LogP contribution in [0, 0.1) is 6.92 Å². The number of nitrogens with one attached hydrogen (secondary N) is 1. The summed E-state index contributed by atoms with van der Waals surface area (Å²) in [6, 6.07) is 12.3. The smallest absolute Gasteiger partial charge is 0.0522 e. The second-order valence-electron chi connectivity index (χ2n) is 2.88. The SMILES string of the molecule is Cc1sccc1Nc1ccccc1. The zero-order chi connectivity index (χ0) is 9.10. The largest absolute Gasteiger partial charge is 0.355 e. The van der Waals surface area contributed by atoms with Gasteiger partial charge in [-0.3, -0.25) is 0 Å². The number of rotatable bonds is 2. The van der Waals surface area contributed by atoms with E-state index in [1.54, 1.807) is 11.3 Å². The third-order valence-electron chi connectivity index (χ3n) is 1.91. The average Bonchev–Trinajstić information content (AvgIpc) is 2.54. The fourth-order valence-electron chi connectivity index (χ4n) is 1.19. The number of thiophene rings is 1. The summed E-state index contributed by atoms with van der Waals surface area (Å²) in [4.78, 5) is 1.32. The molecule has 0 saturated carbocycles. The van der Waals surface area contributed by atoms with Crippen LogP contribution in [0.4, 0.5) is 11.4 Å². The minimum absolute atomic E-state index is 1.14. The van der Waals surface area contributed by atoms with Crippen molar-refractivity contribution < 1.29 is 0 Å². The summed E-state index contributed by atoms with van der Waals surface area (Å²) < 4.78 is 0.